The lowest BCUT2D eigenvalue weighted by molar-refractivity contribution is 0.0547. The van der Waals surface area contributed by atoms with Crippen molar-refractivity contribution in [2.75, 3.05) is 31.1 Å². The van der Waals surface area contributed by atoms with Gasteiger partial charge in [0.1, 0.15) is 5.60 Å². The van der Waals surface area contributed by atoms with Gasteiger partial charge in [0, 0.05) is 73.2 Å². The molecule has 0 atom stereocenters. The Morgan fingerprint density at radius 1 is 1.05 bits per heavy atom. The van der Waals surface area contributed by atoms with Gasteiger partial charge in [-0.15, -0.1) is 0 Å². The van der Waals surface area contributed by atoms with Crippen molar-refractivity contribution in [1.29, 1.82) is 0 Å². The zero-order valence-corrected chi connectivity index (χ0v) is 23.5. The standard InChI is InChI=1S/C30H31ClN6O3/c1-30(2,3)40-29(39)37-24-8-5-19(18-35-11-13-36(14-12-35)28-32-9-4-10-33-28)15-20(24)16-25(37)21-6-7-23(31)22-17-34-27(38)26(21)22/h4-10,15-16H,11-14,17-18H2,1-3H3,(H,34,38). The summed E-state index contributed by atoms with van der Waals surface area (Å²) in [6.45, 7) is 10.2. The number of amides is 1. The van der Waals surface area contributed by atoms with E-state index in [1.165, 1.54) is 0 Å². The number of hydrogen-bond acceptors (Lipinski definition) is 7. The van der Waals surface area contributed by atoms with E-state index in [-0.39, 0.29) is 5.91 Å². The minimum absolute atomic E-state index is 0.200. The van der Waals surface area contributed by atoms with Gasteiger partial charge in [-0.25, -0.2) is 19.3 Å². The Morgan fingerprint density at radius 2 is 1.80 bits per heavy atom. The van der Waals surface area contributed by atoms with Crippen molar-refractivity contribution in [3.8, 4) is 11.3 Å². The maximum atomic E-state index is 13.5. The summed E-state index contributed by atoms with van der Waals surface area (Å²) >= 11 is 6.41. The molecule has 0 spiro atoms. The molecule has 1 saturated heterocycles. The molecule has 2 aliphatic rings. The first kappa shape index (κ1) is 26.3. The summed E-state index contributed by atoms with van der Waals surface area (Å²) in [5.41, 5.74) is 3.67. The molecule has 4 aromatic rings. The molecule has 10 heteroatoms. The minimum atomic E-state index is -0.683. The van der Waals surface area contributed by atoms with Crippen LogP contribution in [0.5, 0.6) is 0 Å². The molecule has 1 N–H and O–H groups in total. The van der Waals surface area contributed by atoms with Gasteiger partial charge < -0.3 is 15.0 Å². The molecule has 0 unspecified atom stereocenters. The third-order valence-corrected chi connectivity index (χ3v) is 7.59. The number of anilines is 1. The molecule has 2 aromatic heterocycles. The van der Waals surface area contributed by atoms with Crippen LogP contribution in [0.1, 0.15) is 42.3 Å². The van der Waals surface area contributed by atoms with Crippen molar-refractivity contribution >= 4 is 40.5 Å². The van der Waals surface area contributed by atoms with Gasteiger partial charge in [-0.1, -0.05) is 23.7 Å². The molecular weight excluding hydrogens is 528 g/mol. The number of rotatable bonds is 4. The minimum Gasteiger partial charge on any atom is -0.443 e. The van der Waals surface area contributed by atoms with Gasteiger partial charge >= 0.3 is 6.09 Å². The number of benzene rings is 2. The fraction of sp³-hybridized carbons (Fsp3) is 0.333. The van der Waals surface area contributed by atoms with Gasteiger partial charge in [-0.3, -0.25) is 9.69 Å². The van der Waals surface area contributed by atoms with Crippen LogP contribution in [0.3, 0.4) is 0 Å². The lowest BCUT2D eigenvalue weighted by Gasteiger charge is -2.34. The lowest BCUT2D eigenvalue weighted by Crippen LogP contribution is -2.46. The summed E-state index contributed by atoms with van der Waals surface area (Å²) in [7, 11) is 0. The highest BCUT2D eigenvalue weighted by Gasteiger charge is 2.30. The normalized spacial score (nSPS) is 15.8. The van der Waals surface area contributed by atoms with Crippen molar-refractivity contribution in [2.24, 2.45) is 0 Å². The van der Waals surface area contributed by atoms with E-state index in [9.17, 15) is 9.59 Å². The van der Waals surface area contributed by atoms with Crippen LogP contribution >= 0.6 is 11.6 Å². The predicted octanol–water partition coefficient (Wildman–Crippen LogP) is 5.10. The van der Waals surface area contributed by atoms with Crippen molar-refractivity contribution in [2.45, 2.75) is 39.5 Å². The molecule has 2 aliphatic heterocycles. The second-order valence-corrected chi connectivity index (χ2v) is 11.6. The number of hydrogen-bond donors (Lipinski definition) is 1. The van der Waals surface area contributed by atoms with E-state index in [2.05, 4.69) is 37.2 Å². The summed E-state index contributed by atoms with van der Waals surface area (Å²) in [5, 5.41) is 4.29. The molecule has 1 amide bonds. The third kappa shape index (κ3) is 5.02. The number of nitrogens with one attached hydrogen (secondary N) is 1. The lowest BCUT2D eigenvalue weighted by atomic mass is 10.00. The Morgan fingerprint density at radius 3 is 2.52 bits per heavy atom. The largest absolute Gasteiger partial charge is 0.443 e. The highest BCUT2D eigenvalue weighted by molar-refractivity contribution is 6.32. The molecule has 2 aromatic carbocycles. The SMILES string of the molecule is CC(C)(C)OC(=O)n1c(-c2ccc(Cl)c3c2C(=O)NC3)cc2cc(CN3CCN(c4ncccn4)CC3)ccc21. The number of piperazine rings is 1. The molecule has 1 fully saturated rings. The van der Waals surface area contributed by atoms with Crippen LogP contribution in [0, 0.1) is 0 Å². The Balaban J connectivity index is 1.33. The van der Waals surface area contributed by atoms with Gasteiger partial charge in [-0.2, -0.15) is 0 Å². The second-order valence-electron chi connectivity index (χ2n) is 11.2. The van der Waals surface area contributed by atoms with Crippen molar-refractivity contribution in [1.82, 2.24) is 24.8 Å². The number of carbonyl (C=O) groups excluding carboxylic acids is 2. The quantitative estimate of drug-likeness (QED) is 0.372. The zero-order chi connectivity index (χ0) is 28.0. The molecule has 0 radical (unpaired) electrons. The maximum absolute atomic E-state index is 13.5. The summed E-state index contributed by atoms with van der Waals surface area (Å²) in [6, 6.07) is 13.5. The van der Waals surface area contributed by atoms with Gasteiger partial charge in [0.05, 0.1) is 16.8 Å². The fourth-order valence-corrected chi connectivity index (χ4v) is 5.63. The number of aromatic nitrogens is 3. The molecular formula is C30H31ClN6O3. The summed E-state index contributed by atoms with van der Waals surface area (Å²) in [5.74, 6) is 0.566. The van der Waals surface area contributed by atoms with Crippen LogP contribution in [0.4, 0.5) is 10.7 Å². The molecule has 4 heterocycles. The zero-order valence-electron chi connectivity index (χ0n) is 22.8. The molecule has 40 heavy (non-hydrogen) atoms. The fourth-order valence-electron chi connectivity index (χ4n) is 5.41. The average molecular weight is 559 g/mol. The Bertz CT molecular complexity index is 1600. The van der Waals surface area contributed by atoms with Crippen LogP contribution in [0.25, 0.3) is 22.2 Å². The van der Waals surface area contributed by atoms with E-state index in [1.54, 1.807) is 29.1 Å². The monoisotopic (exact) mass is 558 g/mol. The first-order valence-electron chi connectivity index (χ1n) is 13.4. The predicted molar refractivity (Wildman–Crippen MR) is 155 cm³/mol. The molecule has 206 valence electrons. The molecule has 6 rings (SSSR count). The number of nitrogens with zero attached hydrogens (tertiary/aromatic N) is 5. The Kier molecular flexibility index (Phi) is 6.72. The van der Waals surface area contributed by atoms with Gasteiger partial charge in [-0.05, 0) is 56.7 Å². The number of halogens is 1. The summed E-state index contributed by atoms with van der Waals surface area (Å²) in [4.78, 5) is 39.7. The smallest absolute Gasteiger partial charge is 0.419 e. The molecule has 0 bridgehead atoms. The van der Waals surface area contributed by atoms with Crippen LogP contribution in [-0.2, 0) is 17.8 Å². The summed E-state index contributed by atoms with van der Waals surface area (Å²) < 4.78 is 7.36. The van der Waals surface area contributed by atoms with E-state index in [4.69, 9.17) is 16.3 Å². The summed E-state index contributed by atoms with van der Waals surface area (Å²) in [6.07, 6.45) is 3.05. The van der Waals surface area contributed by atoms with Gasteiger partial charge in [0.15, 0.2) is 0 Å². The van der Waals surface area contributed by atoms with Crippen molar-refractivity contribution in [3.05, 3.63) is 76.6 Å². The van der Waals surface area contributed by atoms with Gasteiger partial charge in [0.25, 0.3) is 5.91 Å². The highest BCUT2D eigenvalue weighted by atomic mass is 35.5. The van der Waals surface area contributed by atoms with Crippen molar-refractivity contribution in [3.63, 3.8) is 0 Å². The van der Waals surface area contributed by atoms with E-state index >= 15 is 0 Å². The third-order valence-electron chi connectivity index (χ3n) is 7.24. The topological polar surface area (TPSA) is 92.6 Å². The van der Waals surface area contributed by atoms with Crippen LogP contribution in [-0.4, -0.2) is 63.2 Å². The molecule has 0 saturated carbocycles. The number of fused-ring (bicyclic) bond motifs is 2. The maximum Gasteiger partial charge on any atom is 0.419 e. The van der Waals surface area contributed by atoms with Crippen LogP contribution in [0.15, 0.2) is 54.9 Å². The number of ether oxygens (including phenoxy) is 1. The Labute approximate surface area is 237 Å². The van der Waals surface area contributed by atoms with E-state index in [1.807, 2.05) is 39.0 Å². The Hall–Kier alpha value is -3.95. The first-order valence-corrected chi connectivity index (χ1v) is 13.8. The average Bonchev–Trinajstić information content (AvgIpc) is 3.50. The van der Waals surface area contributed by atoms with Crippen molar-refractivity contribution < 1.29 is 14.3 Å². The second kappa shape index (κ2) is 10.2. The van der Waals surface area contributed by atoms with Crippen LogP contribution in [0.2, 0.25) is 5.02 Å². The van der Waals surface area contributed by atoms with Crippen LogP contribution < -0.4 is 10.2 Å². The van der Waals surface area contributed by atoms with E-state index < -0.39 is 11.7 Å². The van der Waals surface area contributed by atoms with Gasteiger partial charge in [0.2, 0.25) is 5.95 Å². The molecule has 9 nitrogen and oxygen atoms in total. The highest BCUT2D eigenvalue weighted by Crippen LogP contribution is 2.37. The van der Waals surface area contributed by atoms with E-state index in [0.29, 0.717) is 28.4 Å². The molecule has 0 aliphatic carbocycles. The number of carbonyl (C=O) groups is 2. The first-order chi connectivity index (χ1) is 19.2. The van der Waals surface area contributed by atoms with E-state index in [0.717, 1.165) is 60.7 Å².